The second kappa shape index (κ2) is 7.15. The zero-order valence-electron chi connectivity index (χ0n) is 10.5. The lowest BCUT2D eigenvalue weighted by Gasteiger charge is -2.40. The number of carbonyl (C=O) groups is 2. The van der Waals surface area contributed by atoms with Gasteiger partial charge < -0.3 is 29.5 Å². The Kier molecular flexibility index (Phi) is 5.83. The highest BCUT2D eigenvalue weighted by Gasteiger charge is 2.48. The zero-order valence-corrected chi connectivity index (χ0v) is 10.5. The third kappa shape index (κ3) is 3.64. The summed E-state index contributed by atoms with van der Waals surface area (Å²) in [6.45, 7) is 5.75. The largest absolute Gasteiger partial charge is 0.452 e. The van der Waals surface area contributed by atoms with Crippen LogP contribution < -0.4 is 0 Å². The number of rotatable bonds is 5. The van der Waals surface area contributed by atoms with Crippen LogP contribution in [0.2, 0.25) is 0 Å². The van der Waals surface area contributed by atoms with E-state index in [1.807, 2.05) is 0 Å². The van der Waals surface area contributed by atoms with Gasteiger partial charge in [-0.1, -0.05) is 13.2 Å². The van der Waals surface area contributed by atoms with E-state index in [9.17, 15) is 19.8 Å². The molecule has 0 aromatic heterocycles. The Labute approximate surface area is 114 Å². The van der Waals surface area contributed by atoms with E-state index in [0.29, 0.717) is 0 Å². The fourth-order valence-electron chi connectivity index (χ4n) is 1.68. The fourth-order valence-corrected chi connectivity index (χ4v) is 1.68. The lowest BCUT2D eigenvalue weighted by Crippen LogP contribution is -2.61. The predicted molar refractivity (Wildman–Crippen MR) is 64.1 cm³/mol. The highest BCUT2D eigenvalue weighted by molar-refractivity contribution is 5.82. The second-order valence-corrected chi connectivity index (χ2v) is 3.95. The third-order valence-corrected chi connectivity index (χ3v) is 2.65. The SMILES string of the molecule is C=CC(=O)OC1[C@H](O)C(CO)O[C@@H](O)[C@H]1OC(=O)C=C. The molecule has 3 N–H and O–H groups in total. The highest BCUT2D eigenvalue weighted by Crippen LogP contribution is 2.25. The molecule has 0 bridgehead atoms. The number of hydrogen-bond donors (Lipinski definition) is 3. The van der Waals surface area contributed by atoms with E-state index < -0.39 is 49.3 Å². The maximum absolute atomic E-state index is 11.2. The minimum atomic E-state index is -1.68. The monoisotopic (exact) mass is 288 g/mol. The molecule has 1 rings (SSSR count). The van der Waals surface area contributed by atoms with Crippen LogP contribution in [0.4, 0.5) is 0 Å². The van der Waals surface area contributed by atoms with Crippen LogP contribution in [-0.2, 0) is 23.8 Å². The lowest BCUT2D eigenvalue weighted by molar-refractivity contribution is -0.292. The van der Waals surface area contributed by atoms with Gasteiger partial charge in [0.1, 0.15) is 12.2 Å². The highest BCUT2D eigenvalue weighted by atomic mass is 16.7. The van der Waals surface area contributed by atoms with Gasteiger partial charge in [-0.05, 0) is 0 Å². The molecule has 1 heterocycles. The fraction of sp³-hybridized carbons (Fsp3) is 0.500. The van der Waals surface area contributed by atoms with E-state index >= 15 is 0 Å². The summed E-state index contributed by atoms with van der Waals surface area (Å²) in [6.07, 6.45) is -5.55. The number of carbonyl (C=O) groups excluding carboxylic acids is 2. The van der Waals surface area contributed by atoms with Crippen molar-refractivity contribution in [1.29, 1.82) is 0 Å². The van der Waals surface area contributed by atoms with Crippen molar-refractivity contribution in [2.24, 2.45) is 0 Å². The Morgan fingerprint density at radius 1 is 1.10 bits per heavy atom. The Balaban J connectivity index is 2.95. The van der Waals surface area contributed by atoms with Gasteiger partial charge in [-0.2, -0.15) is 0 Å². The molecule has 8 nitrogen and oxygen atoms in total. The summed E-state index contributed by atoms with van der Waals surface area (Å²) >= 11 is 0. The van der Waals surface area contributed by atoms with Crippen LogP contribution in [0.1, 0.15) is 0 Å². The van der Waals surface area contributed by atoms with Crippen LogP contribution >= 0.6 is 0 Å². The Bertz CT molecular complexity index is 393. The molecule has 5 atom stereocenters. The first-order chi connectivity index (χ1) is 9.44. The van der Waals surface area contributed by atoms with E-state index in [-0.39, 0.29) is 0 Å². The average molecular weight is 288 g/mol. The molecule has 2 unspecified atom stereocenters. The maximum atomic E-state index is 11.2. The molecule has 0 aliphatic carbocycles. The molecule has 1 fully saturated rings. The van der Waals surface area contributed by atoms with Crippen LogP contribution in [0.3, 0.4) is 0 Å². The molecular formula is C12H16O8. The first-order valence-electron chi connectivity index (χ1n) is 5.73. The predicted octanol–water partition coefficient (Wildman–Crippen LogP) is -1.75. The molecule has 1 saturated heterocycles. The van der Waals surface area contributed by atoms with E-state index in [4.69, 9.17) is 19.3 Å². The molecule has 20 heavy (non-hydrogen) atoms. The molecule has 0 amide bonds. The standard InChI is InChI=1S/C12H16O8/c1-3-7(14)19-10-9(16)6(5-13)18-12(17)11(10)20-8(15)4-2/h3-4,6,9-13,16-17H,1-2,5H2/t6?,9-,10?,11+,12-/m1/s1. The first kappa shape index (κ1) is 16.3. The van der Waals surface area contributed by atoms with Crippen molar-refractivity contribution in [3.8, 4) is 0 Å². The van der Waals surface area contributed by atoms with Crippen LogP contribution in [0, 0.1) is 0 Å². The molecule has 0 aromatic carbocycles. The topological polar surface area (TPSA) is 123 Å². The van der Waals surface area contributed by atoms with Gasteiger partial charge in [0.2, 0.25) is 0 Å². The number of esters is 2. The molecule has 8 heteroatoms. The lowest BCUT2D eigenvalue weighted by atomic mass is 9.99. The summed E-state index contributed by atoms with van der Waals surface area (Å²) in [5.41, 5.74) is 0. The first-order valence-corrected chi connectivity index (χ1v) is 5.73. The van der Waals surface area contributed by atoms with Crippen molar-refractivity contribution >= 4 is 11.9 Å². The normalized spacial score (nSPS) is 33.0. The van der Waals surface area contributed by atoms with Crippen LogP contribution in [0.25, 0.3) is 0 Å². The van der Waals surface area contributed by atoms with Gasteiger partial charge in [0.15, 0.2) is 18.5 Å². The smallest absolute Gasteiger partial charge is 0.330 e. The van der Waals surface area contributed by atoms with Crippen molar-refractivity contribution in [2.75, 3.05) is 6.61 Å². The van der Waals surface area contributed by atoms with Crippen molar-refractivity contribution < 1.29 is 39.1 Å². The Morgan fingerprint density at radius 2 is 1.60 bits per heavy atom. The van der Waals surface area contributed by atoms with Crippen molar-refractivity contribution in [1.82, 2.24) is 0 Å². The molecule has 1 aliphatic rings. The number of ether oxygens (including phenoxy) is 3. The molecule has 0 radical (unpaired) electrons. The summed E-state index contributed by atoms with van der Waals surface area (Å²) in [4.78, 5) is 22.4. The Morgan fingerprint density at radius 3 is 2.05 bits per heavy atom. The second-order valence-electron chi connectivity index (χ2n) is 3.95. The summed E-state index contributed by atoms with van der Waals surface area (Å²) in [5.74, 6) is -1.79. The van der Waals surface area contributed by atoms with E-state index in [1.54, 1.807) is 0 Å². The van der Waals surface area contributed by atoms with Gasteiger partial charge in [0.25, 0.3) is 0 Å². The molecule has 0 spiro atoms. The van der Waals surface area contributed by atoms with Crippen molar-refractivity contribution in [3.05, 3.63) is 25.3 Å². The molecule has 112 valence electrons. The summed E-state index contributed by atoms with van der Waals surface area (Å²) < 4.78 is 14.5. The summed E-state index contributed by atoms with van der Waals surface area (Å²) in [5, 5.41) is 28.7. The van der Waals surface area contributed by atoms with Gasteiger partial charge in [0.05, 0.1) is 6.61 Å². The van der Waals surface area contributed by atoms with Crippen molar-refractivity contribution in [3.63, 3.8) is 0 Å². The molecule has 1 aliphatic heterocycles. The summed E-state index contributed by atoms with van der Waals surface area (Å²) in [7, 11) is 0. The number of aliphatic hydroxyl groups excluding tert-OH is 3. The van der Waals surface area contributed by atoms with Crippen LogP contribution in [-0.4, -0.2) is 64.6 Å². The van der Waals surface area contributed by atoms with Gasteiger partial charge in [0, 0.05) is 12.2 Å². The zero-order chi connectivity index (χ0) is 15.3. The molecule has 0 aromatic rings. The number of hydrogen-bond acceptors (Lipinski definition) is 8. The van der Waals surface area contributed by atoms with Gasteiger partial charge in [-0.3, -0.25) is 0 Å². The van der Waals surface area contributed by atoms with Gasteiger partial charge in [-0.15, -0.1) is 0 Å². The molecule has 0 saturated carbocycles. The van der Waals surface area contributed by atoms with Crippen LogP contribution in [0.5, 0.6) is 0 Å². The quantitative estimate of drug-likeness (QED) is 0.402. The minimum Gasteiger partial charge on any atom is -0.452 e. The Hall–Kier alpha value is -1.74. The number of aliphatic hydroxyl groups is 3. The summed E-state index contributed by atoms with van der Waals surface area (Å²) in [6, 6.07) is 0. The van der Waals surface area contributed by atoms with Crippen LogP contribution in [0.15, 0.2) is 25.3 Å². The van der Waals surface area contributed by atoms with E-state index in [1.165, 1.54) is 0 Å². The van der Waals surface area contributed by atoms with Crippen molar-refractivity contribution in [2.45, 2.75) is 30.7 Å². The molecular weight excluding hydrogens is 272 g/mol. The minimum absolute atomic E-state index is 0.623. The van der Waals surface area contributed by atoms with Gasteiger partial charge >= 0.3 is 11.9 Å². The third-order valence-electron chi connectivity index (χ3n) is 2.65. The van der Waals surface area contributed by atoms with Gasteiger partial charge in [-0.25, -0.2) is 9.59 Å². The van der Waals surface area contributed by atoms with E-state index in [0.717, 1.165) is 12.2 Å². The average Bonchev–Trinajstić information content (AvgIpc) is 2.45. The van der Waals surface area contributed by atoms with E-state index in [2.05, 4.69) is 13.2 Å². The maximum Gasteiger partial charge on any atom is 0.330 e.